The highest BCUT2D eigenvalue weighted by Crippen LogP contribution is 1.88. The van der Waals surface area contributed by atoms with Crippen LogP contribution in [0.2, 0.25) is 0 Å². The third-order valence-electron chi connectivity index (χ3n) is 0.878. The number of rotatable bonds is 0. The average Bonchev–Trinajstić information content (AvgIpc) is 1.98. The van der Waals surface area contributed by atoms with Crippen molar-refractivity contribution in [1.82, 2.24) is 10.3 Å². The number of carbonyl (C=O) groups excluding carboxylic acids is 2. The van der Waals surface area contributed by atoms with Crippen molar-refractivity contribution in [1.29, 1.82) is 0 Å². The fraction of sp³-hybridized carbons (Fsp3) is 0.333. The second-order valence-corrected chi connectivity index (χ2v) is 1.42. The molecular formula is C3H5N3O2. The number of hydrazine groups is 1. The van der Waals surface area contributed by atoms with Gasteiger partial charge in [0.1, 0.15) is 6.54 Å². The van der Waals surface area contributed by atoms with Crippen LogP contribution in [0.15, 0.2) is 0 Å². The summed E-state index contributed by atoms with van der Waals surface area (Å²) in [6.45, 7) is 0.0231. The van der Waals surface area contributed by atoms with Crippen molar-refractivity contribution in [3.05, 3.63) is 0 Å². The monoisotopic (exact) mass is 115 g/mol. The van der Waals surface area contributed by atoms with Gasteiger partial charge in [0.15, 0.2) is 0 Å². The first-order valence-corrected chi connectivity index (χ1v) is 2.07. The predicted octanol–water partition coefficient (Wildman–Crippen LogP) is -1.59. The lowest BCUT2D eigenvalue weighted by Crippen LogP contribution is -2.37. The second kappa shape index (κ2) is 1.45. The van der Waals surface area contributed by atoms with Gasteiger partial charge in [0.2, 0.25) is 0 Å². The van der Waals surface area contributed by atoms with Gasteiger partial charge in [-0.1, -0.05) is 0 Å². The lowest BCUT2D eigenvalue weighted by atomic mass is 10.6. The Kier molecular flexibility index (Phi) is 0.911. The molecule has 3 amide bonds. The van der Waals surface area contributed by atoms with Gasteiger partial charge in [0.05, 0.1) is 0 Å². The summed E-state index contributed by atoms with van der Waals surface area (Å²) in [6, 6.07) is -0.532. The van der Waals surface area contributed by atoms with Crippen molar-refractivity contribution < 1.29 is 9.59 Å². The summed E-state index contributed by atoms with van der Waals surface area (Å²) < 4.78 is 0. The van der Waals surface area contributed by atoms with E-state index in [1.54, 1.807) is 0 Å². The molecule has 0 bridgehead atoms. The van der Waals surface area contributed by atoms with Crippen LogP contribution in [0, 0.1) is 0 Å². The van der Waals surface area contributed by atoms with E-state index in [0.717, 1.165) is 0 Å². The zero-order valence-corrected chi connectivity index (χ0v) is 4.05. The molecule has 1 aliphatic heterocycles. The fourth-order valence-corrected chi connectivity index (χ4v) is 0.435. The number of hydrogen-bond acceptors (Lipinski definition) is 3. The Labute approximate surface area is 45.4 Å². The summed E-state index contributed by atoms with van der Waals surface area (Å²) in [5, 5.41) is 2.79. The molecule has 5 heteroatoms. The summed E-state index contributed by atoms with van der Waals surface area (Å²) in [4.78, 5) is 20.6. The molecule has 0 aromatic heterocycles. The van der Waals surface area contributed by atoms with Crippen LogP contribution in [0.1, 0.15) is 0 Å². The molecule has 0 aromatic carbocycles. The zero-order valence-electron chi connectivity index (χ0n) is 4.05. The van der Waals surface area contributed by atoms with E-state index in [0.29, 0.717) is 5.01 Å². The van der Waals surface area contributed by atoms with Crippen LogP contribution >= 0.6 is 0 Å². The SMILES string of the molecule is NN1C(=O)CNC1=O. The molecular weight excluding hydrogens is 110 g/mol. The van der Waals surface area contributed by atoms with E-state index < -0.39 is 11.9 Å². The molecule has 0 radical (unpaired) electrons. The summed E-state index contributed by atoms with van der Waals surface area (Å²) in [5.74, 6) is 4.50. The lowest BCUT2D eigenvalue weighted by molar-refractivity contribution is -0.125. The lowest BCUT2D eigenvalue weighted by Gasteiger charge is -1.98. The van der Waals surface area contributed by atoms with Gasteiger partial charge in [-0.25, -0.2) is 10.6 Å². The molecule has 1 fully saturated rings. The van der Waals surface area contributed by atoms with Gasteiger partial charge in [-0.15, -0.1) is 0 Å². The maximum absolute atomic E-state index is 10.3. The van der Waals surface area contributed by atoms with Crippen LogP contribution in [0.5, 0.6) is 0 Å². The highest BCUT2D eigenvalue weighted by Gasteiger charge is 2.24. The fourth-order valence-electron chi connectivity index (χ4n) is 0.435. The first kappa shape index (κ1) is 5.04. The predicted molar refractivity (Wildman–Crippen MR) is 24.4 cm³/mol. The minimum Gasteiger partial charge on any atom is -0.327 e. The molecule has 5 nitrogen and oxygen atoms in total. The molecule has 1 aliphatic rings. The second-order valence-electron chi connectivity index (χ2n) is 1.42. The highest BCUT2D eigenvalue weighted by molar-refractivity contribution is 6.01. The molecule has 44 valence electrons. The van der Waals surface area contributed by atoms with Gasteiger partial charge < -0.3 is 5.32 Å². The Morgan fingerprint density at radius 3 is 2.38 bits per heavy atom. The first-order chi connectivity index (χ1) is 3.72. The Morgan fingerprint density at radius 1 is 1.62 bits per heavy atom. The summed E-state index contributed by atoms with van der Waals surface area (Å²) in [6.07, 6.45) is 0. The average molecular weight is 115 g/mol. The maximum atomic E-state index is 10.3. The van der Waals surface area contributed by atoms with Gasteiger partial charge in [-0.2, -0.15) is 5.01 Å². The number of urea groups is 1. The quantitative estimate of drug-likeness (QED) is 0.227. The van der Waals surface area contributed by atoms with Crippen molar-refractivity contribution in [2.75, 3.05) is 6.54 Å². The van der Waals surface area contributed by atoms with Crippen LogP contribution in [0.25, 0.3) is 0 Å². The molecule has 0 unspecified atom stereocenters. The van der Waals surface area contributed by atoms with E-state index in [1.165, 1.54) is 0 Å². The normalized spacial score (nSPS) is 19.4. The number of nitrogens with two attached hydrogens (primary N) is 1. The first-order valence-electron chi connectivity index (χ1n) is 2.07. The van der Waals surface area contributed by atoms with E-state index in [9.17, 15) is 9.59 Å². The Balaban J connectivity index is 2.70. The topological polar surface area (TPSA) is 75.4 Å². The van der Waals surface area contributed by atoms with Crippen molar-refractivity contribution in [3.8, 4) is 0 Å². The van der Waals surface area contributed by atoms with E-state index in [1.807, 2.05) is 0 Å². The minimum atomic E-state index is -0.532. The van der Waals surface area contributed by atoms with Crippen molar-refractivity contribution >= 4 is 11.9 Å². The van der Waals surface area contributed by atoms with Crippen molar-refractivity contribution in [2.45, 2.75) is 0 Å². The Morgan fingerprint density at radius 2 is 2.25 bits per heavy atom. The molecule has 0 spiro atoms. The zero-order chi connectivity index (χ0) is 6.15. The molecule has 0 aliphatic carbocycles. The summed E-state index contributed by atoms with van der Waals surface area (Å²) >= 11 is 0. The number of hydrogen-bond donors (Lipinski definition) is 2. The van der Waals surface area contributed by atoms with Gasteiger partial charge in [-0.3, -0.25) is 4.79 Å². The highest BCUT2D eigenvalue weighted by atomic mass is 16.2. The molecule has 8 heavy (non-hydrogen) atoms. The molecule has 0 aromatic rings. The van der Waals surface area contributed by atoms with E-state index in [-0.39, 0.29) is 6.54 Å². The Hall–Kier alpha value is -1.10. The smallest absolute Gasteiger partial charge is 0.327 e. The third-order valence-corrected chi connectivity index (χ3v) is 0.878. The summed E-state index contributed by atoms with van der Waals surface area (Å²) in [5.41, 5.74) is 0. The van der Waals surface area contributed by atoms with E-state index in [4.69, 9.17) is 5.84 Å². The largest absolute Gasteiger partial charge is 0.339 e. The van der Waals surface area contributed by atoms with Crippen LogP contribution in [-0.2, 0) is 4.79 Å². The number of carbonyl (C=O) groups is 2. The van der Waals surface area contributed by atoms with Crippen LogP contribution in [0.3, 0.4) is 0 Å². The number of imide groups is 1. The molecule has 0 atom stereocenters. The molecule has 3 N–H and O–H groups in total. The molecule has 1 saturated heterocycles. The number of amides is 3. The van der Waals surface area contributed by atoms with Crippen molar-refractivity contribution in [2.24, 2.45) is 5.84 Å². The number of nitrogens with zero attached hydrogens (tertiary/aromatic N) is 1. The standard InChI is InChI=1S/C3H5N3O2/c4-6-2(7)1-5-3(6)8/h1,4H2,(H,5,8). The van der Waals surface area contributed by atoms with Gasteiger partial charge in [-0.05, 0) is 0 Å². The summed E-state index contributed by atoms with van der Waals surface area (Å²) in [7, 11) is 0. The van der Waals surface area contributed by atoms with Crippen molar-refractivity contribution in [3.63, 3.8) is 0 Å². The van der Waals surface area contributed by atoms with Gasteiger partial charge in [0.25, 0.3) is 5.91 Å². The molecule has 1 heterocycles. The minimum absolute atomic E-state index is 0.0231. The molecule has 1 rings (SSSR count). The maximum Gasteiger partial charge on any atom is 0.339 e. The van der Waals surface area contributed by atoms with E-state index >= 15 is 0 Å². The van der Waals surface area contributed by atoms with Crippen LogP contribution in [-0.4, -0.2) is 23.5 Å². The third kappa shape index (κ3) is 0.526. The van der Waals surface area contributed by atoms with Gasteiger partial charge >= 0.3 is 6.03 Å². The Bertz CT molecular complexity index is 127. The van der Waals surface area contributed by atoms with E-state index in [2.05, 4.69) is 5.32 Å². The molecule has 0 saturated carbocycles. The van der Waals surface area contributed by atoms with Crippen LogP contribution in [0.4, 0.5) is 4.79 Å². The van der Waals surface area contributed by atoms with Crippen LogP contribution < -0.4 is 11.2 Å². The van der Waals surface area contributed by atoms with Gasteiger partial charge in [0, 0.05) is 0 Å². The number of nitrogens with one attached hydrogen (secondary N) is 1.